The van der Waals surface area contributed by atoms with E-state index in [1.54, 1.807) is 0 Å². The molecule has 1 aromatic carbocycles. The molecule has 0 unspecified atom stereocenters. The van der Waals surface area contributed by atoms with Crippen LogP contribution in [0.3, 0.4) is 0 Å². The van der Waals surface area contributed by atoms with Crippen LogP contribution in [-0.2, 0) is 35.1 Å². The van der Waals surface area contributed by atoms with Gasteiger partial charge in [-0.2, -0.15) is 0 Å². The maximum Gasteiger partial charge on any atom is 0.408 e. The largest absolute Gasteiger partial charge is 0.479 e. The van der Waals surface area contributed by atoms with E-state index in [4.69, 9.17) is 23.7 Å². The first-order valence-corrected chi connectivity index (χ1v) is 11.0. The molecule has 1 saturated carbocycles. The number of rotatable bonds is 4. The van der Waals surface area contributed by atoms with E-state index in [2.05, 4.69) is 5.32 Å². The van der Waals surface area contributed by atoms with Crippen molar-refractivity contribution in [3.63, 3.8) is 0 Å². The maximum atomic E-state index is 12.7. The Kier molecular flexibility index (Phi) is 5.96. The minimum absolute atomic E-state index is 0.0147. The number of aliphatic carboxylic acids is 1. The van der Waals surface area contributed by atoms with Gasteiger partial charge in [0.25, 0.3) is 0 Å². The van der Waals surface area contributed by atoms with Gasteiger partial charge in [0.2, 0.25) is 0 Å². The zero-order chi connectivity index (χ0) is 23.1. The van der Waals surface area contributed by atoms with Crippen LogP contribution in [0.1, 0.15) is 52.5 Å². The number of hydrogen-bond acceptors (Lipinski definition) is 7. The first kappa shape index (κ1) is 23.0. The maximum absolute atomic E-state index is 12.7. The molecule has 176 valence electrons. The highest BCUT2D eigenvalue weighted by atomic mass is 16.8. The molecule has 2 saturated heterocycles. The quantitative estimate of drug-likeness (QED) is 0.722. The predicted molar refractivity (Wildman–Crippen MR) is 112 cm³/mol. The number of amides is 1. The molecule has 1 amide bonds. The molecule has 2 spiro atoms. The Morgan fingerprint density at radius 2 is 1.38 bits per heavy atom. The summed E-state index contributed by atoms with van der Waals surface area (Å²) in [6.45, 7) is 7.48. The number of carboxylic acids is 1. The van der Waals surface area contributed by atoms with Crippen LogP contribution in [-0.4, -0.2) is 58.7 Å². The summed E-state index contributed by atoms with van der Waals surface area (Å²) in [5.74, 6) is -3.77. The molecule has 0 aromatic heterocycles. The number of carboxylic acid groups (broad SMARTS) is 1. The van der Waals surface area contributed by atoms with Crippen LogP contribution in [0.25, 0.3) is 0 Å². The third-order valence-corrected chi connectivity index (χ3v) is 6.57. The van der Waals surface area contributed by atoms with Crippen LogP contribution in [0.15, 0.2) is 30.3 Å². The Labute approximate surface area is 187 Å². The van der Waals surface area contributed by atoms with Gasteiger partial charge in [-0.1, -0.05) is 30.3 Å². The number of carbonyl (C=O) groups excluding carboxylic acids is 1. The molecule has 2 heterocycles. The van der Waals surface area contributed by atoms with Crippen LogP contribution < -0.4 is 5.32 Å². The topological polar surface area (TPSA) is 113 Å². The second-order valence-electron chi connectivity index (χ2n) is 9.22. The van der Waals surface area contributed by atoms with Crippen molar-refractivity contribution in [2.24, 2.45) is 0 Å². The minimum Gasteiger partial charge on any atom is -0.479 e. The van der Waals surface area contributed by atoms with Gasteiger partial charge in [-0.3, -0.25) is 0 Å². The molecular formula is C23H31NO8. The van der Waals surface area contributed by atoms with Gasteiger partial charge in [-0.05, 0) is 33.3 Å². The molecule has 32 heavy (non-hydrogen) atoms. The van der Waals surface area contributed by atoms with Crippen molar-refractivity contribution in [3.8, 4) is 0 Å². The van der Waals surface area contributed by atoms with Crippen molar-refractivity contribution in [1.82, 2.24) is 5.32 Å². The lowest BCUT2D eigenvalue weighted by Gasteiger charge is -2.49. The number of ether oxygens (including phenoxy) is 5. The number of alkyl carbamates (subject to hydrolysis) is 1. The summed E-state index contributed by atoms with van der Waals surface area (Å²) < 4.78 is 29.9. The van der Waals surface area contributed by atoms with E-state index in [9.17, 15) is 14.7 Å². The lowest BCUT2D eigenvalue weighted by molar-refractivity contribution is -0.300. The Morgan fingerprint density at radius 1 is 0.906 bits per heavy atom. The number of carbonyl (C=O) groups is 2. The Hall–Kier alpha value is -2.20. The molecule has 9 heteroatoms. The summed E-state index contributed by atoms with van der Waals surface area (Å²) in [4.78, 5) is 25.3. The second kappa shape index (κ2) is 8.30. The van der Waals surface area contributed by atoms with Crippen molar-refractivity contribution in [2.45, 2.75) is 95.1 Å². The molecule has 4 rings (SSSR count). The minimum atomic E-state index is -1.76. The van der Waals surface area contributed by atoms with E-state index < -0.39 is 29.2 Å². The average Bonchev–Trinajstić information content (AvgIpc) is 3.13. The number of hydrogen-bond donors (Lipinski definition) is 2. The molecule has 1 aromatic rings. The SMILES string of the molecule is C[C@H]1OC2(CC3(CC(NC(=O)OCc4ccccc4)(C(=O)O)C2)O[C@H](C)[C@@H](C)O3)O[C@@H]1C. The average molecular weight is 450 g/mol. The van der Waals surface area contributed by atoms with Gasteiger partial charge >= 0.3 is 12.1 Å². The van der Waals surface area contributed by atoms with E-state index in [1.165, 1.54) is 0 Å². The fourth-order valence-electron chi connectivity index (χ4n) is 4.89. The molecule has 1 aliphatic carbocycles. The van der Waals surface area contributed by atoms with E-state index in [-0.39, 0.29) is 50.3 Å². The van der Waals surface area contributed by atoms with E-state index in [0.717, 1.165) is 5.56 Å². The normalized spacial score (nSPS) is 35.1. The zero-order valence-electron chi connectivity index (χ0n) is 18.8. The lowest BCUT2D eigenvalue weighted by atomic mass is 9.74. The molecule has 3 fully saturated rings. The highest BCUT2D eigenvalue weighted by Gasteiger charge is 2.66. The van der Waals surface area contributed by atoms with E-state index >= 15 is 0 Å². The second-order valence-corrected chi connectivity index (χ2v) is 9.22. The van der Waals surface area contributed by atoms with Gasteiger partial charge in [0.15, 0.2) is 17.1 Å². The smallest absolute Gasteiger partial charge is 0.408 e. The molecule has 2 N–H and O–H groups in total. The Morgan fingerprint density at radius 3 is 1.81 bits per heavy atom. The fraction of sp³-hybridized carbons (Fsp3) is 0.652. The summed E-state index contributed by atoms with van der Waals surface area (Å²) in [6.07, 6.45) is -1.84. The van der Waals surface area contributed by atoms with Gasteiger partial charge in [-0.15, -0.1) is 0 Å². The summed E-state index contributed by atoms with van der Waals surface area (Å²) in [5, 5.41) is 12.9. The molecule has 3 aliphatic rings. The van der Waals surface area contributed by atoms with Gasteiger partial charge < -0.3 is 34.1 Å². The highest BCUT2D eigenvalue weighted by Crippen LogP contribution is 2.52. The van der Waals surface area contributed by atoms with Crippen LogP contribution in [0.2, 0.25) is 0 Å². The summed E-state index contributed by atoms with van der Waals surface area (Å²) in [7, 11) is 0. The molecule has 2 aliphatic heterocycles. The lowest BCUT2D eigenvalue weighted by Crippen LogP contribution is -2.67. The molecular weight excluding hydrogens is 418 g/mol. The molecule has 0 bridgehead atoms. The van der Waals surface area contributed by atoms with Crippen LogP contribution >= 0.6 is 0 Å². The molecule has 4 atom stereocenters. The van der Waals surface area contributed by atoms with Crippen molar-refractivity contribution in [2.75, 3.05) is 0 Å². The molecule has 9 nitrogen and oxygen atoms in total. The zero-order valence-corrected chi connectivity index (χ0v) is 18.8. The predicted octanol–water partition coefficient (Wildman–Crippen LogP) is 2.96. The summed E-state index contributed by atoms with van der Waals surface area (Å²) in [6, 6.07) is 9.15. The van der Waals surface area contributed by atoms with Crippen molar-refractivity contribution < 1.29 is 38.4 Å². The van der Waals surface area contributed by atoms with Crippen molar-refractivity contribution in [3.05, 3.63) is 35.9 Å². The fourth-order valence-corrected chi connectivity index (χ4v) is 4.89. The van der Waals surface area contributed by atoms with Gasteiger partial charge in [0, 0.05) is 12.8 Å². The van der Waals surface area contributed by atoms with Gasteiger partial charge in [-0.25, -0.2) is 9.59 Å². The monoisotopic (exact) mass is 449 g/mol. The summed E-state index contributed by atoms with van der Waals surface area (Å²) >= 11 is 0. The third-order valence-electron chi connectivity index (χ3n) is 6.57. The van der Waals surface area contributed by atoms with Crippen molar-refractivity contribution >= 4 is 12.1 Å². The number of nitrogens with one attached hydrogen (secondary N) is 1. The van der Waals surface area contributed by atoms with Gasteiger partial charge in [0.05, 0.1) is 30.8 Å². The molecule has 0 radical (unpaired) electrons. The highest BCUT2D eigenvalue weighted by molar-refractivity contribution is 5.85. The summed E-state index contributed by atoms with van der Waals surface area (Å²) in [5.41, 5.74) is -0.974. The van der Waals surface area contributed by atoms with Gasteiger partial charge in [0.1, 0.15) is 6.61 Å². The third kappa shape index (κ3) is 4.34. The standard InChI is InChI=1S/C23H31NO8/c1-14-15(2)30-22(29-14)11-21(19(25)26,12-23(13-22)31-16(3)17(4)32-23)24-20(27)28-10-18-8-6-5-7-9-18/h5-9,14-17H,10-13H2,1-4H3,(H,24,27)(H,25,26)/t14-,15-,16-,17-/m1/s1. The first-order valence-electron chi connectivity index (χ1n) is 11.0. The van der Waals surface area contributed by atoms with E-state index in [1.807, 2.05) is 58.0 Å². The van der Waals surface area contributed by atoms with E-state index in [0.29, 0.717) is 0 Å². The number of benzene rings is 1. The van der Waals surface area contributed by atoms with Crippen LogP contribution in [0, 0.1) is 0 Å². The Bertz CT molecular complexity index is 807. The Balaban J connectivity index is 1.60. The van der Waals surface area contributed by atoms with Crippen molar-refractivity contribution in [1.29, 1.82) is 0 Å². The van der Waals surface area contributed by atoms with Crippen LogP contribution in [0.4, 0.5) is 4.79 Å². The van der Waals surface area contributed by atoms with Crippen LogP contribution in [0.5, 0.6) is 0 Å². The first-order chi connectivity index (χ1) is 15.1.